The zero-order chi connectivity index (χ0) is 45.6. The van der Waals surface area contributed by atoms with E-state index in [2.05, 4.69) is 75.1 Å². The molecule has 7 amide bonds. The van der Waals surface area contributed by atoms with Crippen molar-refractivity contribution in [1.29, 1.82) is 0 Å². The molecule has 13 N–H and O–H groups in total. The van der Waals surface area contributed by atoms with Crippen molar-refractivity contribution < 1.29 is 53.4 Å². The fourth-order valence-corrected chi connectivity index (χ4v) is 5.32. The van der Waals surface area contributed by atoms with Crippen LogP contribution in [0.2, 0.25) is 0 Å². The van der Waals surface area contributed by atoms with Crippen LogP contribution in [-0.4, -0.2) is 134 Å². The predicted octanol–water partition coefficient (Wildman–Crippen LogP) is -3.49. The highest BCUT2D eigenvalue weighted by molar-refractivity contribution is 7.80. The van der Waals surface area contributed by atoms with Crippen LogP contribution in [0.4, 0.5) is 11.6 Å². The summed E-state index contributed by atoms with van der Waals surface area (Å²) in [5, 5.41) is 37.8. The van der Waals surface area contributed by atoms with Gasteiger partial charge in [-0.05, 0) is 43.5 Å². The number of carboxylic acids is 2. The Kier molecular flexibility index (Phi) is 20.0. The van der Waals surface area contributed by atoms with Crippen LogP contribution in [0.25, 0.3) is 11.2 Å². The second-order valence-electron chi connectivity index (χ2n) is 13.2. The molecule has 2 unspecified atom stereocenters. The van der Waals surface area contributed by atoms with Gasteiger partial charge >= 0.3 is 11.9 Å². The first kappa shape index (κ1) is 49.0. The number of H-pyrrole nitrogens is 1. The summed E-state index contributed by atoms with van der Waals surface area (Å²) in [6.07, 6.45) is -0.243. The zero-order valence-corrected chi connectivity index (χ0v) is 34.0. The SMILES string of the molecule is Nc1nc2ncc(CNc3ccc(C(=O)NCCCC(=O)NCC(=O)NC(CCC(=O)O)C(=O)NCC(=O)NC(CCC(=O)O)C(=O)NCC(=O)NCCS)cc3)nc2c(=O)[nH]1. The smallest absolute Gasteiger partial charge is 0.303 e. The number of rotatable bonds is 26. The maximum Gasteiger partial charge on any atom is 0.303 e. The summed E-state index contributed by atoms with van der Waals surface area (Å²) in [5.74, 6) is -7.40. The number of amides is 7. The van der Waals surface area contributed by atoms with Crippen molar-refractivity contribution in [3.8, 4) is 0 Å². The number of carbonyl (C=O) groups is 9. The van der Waals surface area contributed by atoms with Crippen molar-refractivity contribution in [2.75, 3.05) is 49.5 Å². The van der Waals surface area contributed by atoms with Crippen molar-refractivity contribution in [2.45, 2.75) is 57.2 Å². The Morgan fingerprint density at radius 3 is 1.87 bits per heavy atom. The molecule has 0 saturated carbocycles. The van der Waals surface area contributed by atoms with E-state index in [-0.39, 0.29) is 56.0 Å². The van der Waals surface area contributed by atoms with Gasteiger partial charge in [-0.1, -0.05) is 0 Å². The van der Waals surface area contributed by atoms with E-state index < -0.39 is 110 Å². The monoisotopic (exact) mass is 885 g/mol. The number of aromatic nitrogens is 4. The molecule has 62 heavy (non-hydrogen) atoms. The number of hydrogen-bond acceptors (Lipinski definition) is 16. The summed E-state index contributed by atoms with van der Waals surface area (Å²) in [6, 6.07) is 3.63. The lowest BCUT2D eigenvalue weighted by Gasteiger charge is -2.20. The van der Waals surface area contributed by atoms with E-state index in [0.717, 1.165) is 0 Å². The topological polar surface area (TPSA) is 388 Å². The zero-order valence-electron chi connectivity index (χ0n) is 33.1. The summed E-state index contributed by atoms with van der Waals surface area (Å²) in [7, 11) is 0. The number of carboxylic acid groups (broad SMARTS) is 2. The summed E-state index contributed by atoms with van der Waals surface area (Å²) < 4.78 is 0. The number of benzene rings is 1. The number of nitrogen functional groups attached to an aromatic ring is 1. The van der Waals surface area contributed by atoms with Gasteiger partial charge in [0.15, 0.2) is 11.2 Å². The number of fused-ring (bicyclic) bond motifs is 1. The van der Waals surface area contributed by atoms with Crippen molar-refractivity contribution in [2.24, 2.45) is 0 Å². The molecular weight excluding hydrogens is 839 g/mol. The van der Waals surface area contributed by atoms with Crippen LogP contribution in [0.15, 0.2) is 35.3 Å². The molecule has 334 valence electrons. The molecule has 0 aliphatic carbocycles. The quantitative estimate of drug-likeness (QED) is 0.0275. The minimum absolute atomic E-state index is 0.0397. The molecule has 1 aromatic carbocycles. The van der Waals surface area contributed by atoms with E-state index in [4.69, 9.17) is 15.9 Å². The molecule has 0 bridgehead atoms. The van der Waals surface area contributed by atoms with E-state index in [1.807, 2.05) is 0 Å². The second kappa shape index (κ2) is 25.3. The van der Waals surface area contributed by atoms with Gasteiger partial charge in [-0.15, -0.1) is 0 Å². The van der Waals surface area contributed by atoms with Gasteiger partial charge in [-0.25, -0.2) is 9.97 Å². The summed E-state index contributed by atoms with van der Waals surface area (Å²) in [4.78, 5) is 136. The third-order valence-electron chi connectivity index (χ3n) is 8.30. The summed E-state index contributed by atoms with van der Waals surface area (Å²) in [5.41, 5.74) is 6.61. The van der Waals surface area contributed by atoms with Gasteiger partial charge in [0, 0.05) is 49.4 Å². The molecule has 25 nitrogen and oxygen atoms in total. The first-order valence-corrected chi connectivity index (χ1v) is 19.5. The molecule has 2 heterocycles. The third kappa shape index (κ3) is 17.9. The Bertz CT molecular complexity index is 2170. The van der Waals surface area contributed by atoms with E-state index in [9.17, 15) is 47.9 Å². The Morgan fingerprint density at radius 2 is 1.29 bits per heavy atom. The highest BCUT2D eigenvalue weighted by Gasteiger charge is 2.25. The summed E-state index contributed by atoms with van der Waals surface area (Å²) >= 11 is 3.95. The maximum absolute atomic E-state index is 12.9. The average Bonchev–Trinajstić information content (AvgIpc) is 3.24. The number of aromatic amines is 1. The molecule has 0 saturated heterocycles. The number of nitrogens with zero attached hydrogens (tertiary/aromatic N) is 3. The van der Waals surface area contributed by atoms with Crippen molar-refractivity contribution in [1.82, 2.24) is 57.2 Å². The normalized spacial score (nSPS) is 11.6. The highest BCUT2D eigenvalue weighted by atomic mass is 32.1. The fourth-order valence-electron chi connectivity index (χ4n) is 5.21. The molecule has 3 aromatic rings. The lowest BCUT2D eigenvalue weighted by Crippen LogP contribution is -2.53. The van der Waals surface area contributed by atoms with E-state index >= 15 is 0 Å². The molecule has 3 rings (SSSR count). The third-order valence-corrected chi connectivity index (χ3v) is 8.52. The Labute approximate surface area is 357 Å². The highest BCUT2D eigenvalue weighted by Crippen LogP contribution is 2.12. The molecule has 0 aliphatic rings. The first-order chi connectivity index (χ1) is 29.5. The van der Waals surface area contributed by atoms with E-state index in [1.54, 1.807) is 24.3 Å². The van der Waals surface area contributed by atoms with Gasteiger partial charge in [0.1, 0.15) is 12.1 Å². The standard InChI is InChI=1S/C36H47N13O12S/c37-36-48-31-30(35(61)49-36)45-21(15-42-31)14-40-20-5-3-19(4-6-20)32(58)39-11-1-2-24(50)41-17-26(52)46-23(8-10-29(56)57)34(60)44-18-27(53)47-22(7-9-28(54)55)33(59)43-16-25(51)38-12-13-62/h3-6,15,22-23,40,62H,1-2,7-14,16-18H2,(H,38,51)(H,39,58)(H,41,50)(H,43,59)(H,44,60)(H,46,52)(H,47,53)(H,54,55)(H,56,57)(H3,37,42,48,49,61). The van der Waals surface area contributed by atoms with Crippen LogP contribution >= 0.6 is 12.6 Å². The van der Waals surface area contributed by atoms with Crippen molar-refractivity contribution in [3.63, 3.8) is 0 Å². The van der Waals surface area contributed by atoms with Crippen LogP contribution < -0.4 is 53.8 Å². The second-order valence-corrected chi connectivity index (χ2v) is 13.6. The number of aliphatic carboxylic acids is 2. The van der Waals surface area contributed by atoms with Crippen LogP contribution in [0.1, 0.15) is 54.6 Å². The maximum atomic E-state index is 12.9. The Morgan fingerprint density at radius 1 is 0.710 bits per heavy atom. The molecular formula is C36H47N13O12S. The average molecular weight is 886 g/mol. The van der Waals surface area contributed by atoms with Crippen LogP contribution in [-0.2, 0) is 44.9 Å². The van der Waals surface area contributed by atoms with Gasteiger partial charge in [-0.2, -0.15) is 17.6 Å². The minimum atomic E-state index is -1.45. The molecule has 26 heteroatoms. The van der Waals surface area contributed by atoms with Crippen molar-refractivity contribution >= 4 is 88.7 Å². The van der Waals surface area contributed by atoms with Crippen molar-refractivity contribution in [3.05, 3.63) is 52.1 Å². The molecule has 0 fully saturated rings. The number of nitrogens with two attached hydrogens (primary N) is 1. The van der Waals surface area contributed by atoms with E-state index in [1.165, 1.54) is 6.20 Å². The van der Waals surface area contributed by atoms with Crippen LogP contribution in [0, 0.1) is 0 Å². The van der Waals surface area contributed by atoms with Gasteiger partial charge in [-0.3, -0.25) is 52.9 Å². The number of nitrogens with one attached hydrogen (secondary N) is 9. The number of hydrogen-bond donors (Lipinski definition) is 13. The number of thiol groups is 1. The fraction of sp³-hybridized carbons (Fsp3) is 0.417. The van der Waals surface area contributed by atoms with Crippen LogP contribution in [0.5, 0.6) is 0 Å². The molecule has 0 radical (unpaired) electrons. The van der Waals surface area contributed by atoms with E-state index in [0.29, 0.717) is 22.7 Å². The number of carbonyl (C=O) groups excluding carboxylic acids is 7. The molecule has 2 atom stereocenters. The van der Waals surface area contributed by atoms with Crippen LogP contribution in [0.3, 0.4) is 0 Å². The van der Waals surface area contributed by atoms with Gasteiger partial charge in [0.05, 0.1) is 38.1 Å². The van der Waals surface area contributed by atoms with Gasteiger partial charge in [0.25, 0.3) is 11.5 Å². The Balaban J connectivity index is 1.39. The largest absolute Gasteiger partial charge is 0.481 e. The number of anilines is 2. The predicted molar refractivity (Wildman–Crippen MR) is 221 cm³/mol. The Hall–Kier alpha value is -7.38. The lowest BCUT2D eigenvalue weighted by atomic mass is 10.1. The molecule has 0 aliphatic heterocycles. The summed E-state index contributed by atoms with van der Waals surface area (Å²) in [6.45, 7) is -1.24. The minimum Gasteiger partial charge on any atom is -0.481 e. The lowest BCUT2D eigenvalue weighted by molar-refractivity contribution is -0.138. The molecule has 2 aromatic heterocycles. The first-order valence-electron chi connectivity index (χ1n) is 18.9. The molecule has 0 spiro atoms. The van der Waals surface area contributed by atoms with Gasteiger partial charge in [0.2, 0.25) is 41.4 Å². The van der Waals surface area contributed by atoms with Gasteiger partial charge < -0.3 is 58.5 Å².